The Morgan fingerprint density at radius 1 is 1.41 bits per heavy atom. The van der Waals surface area contributed by atoms with E-state index in [1.807, 2.05) is 24.3 Å². The van der Waals surface area contributed by atoms with Gasteiger partial charge in [0.25, 0.3) is 0 Å². The summed E-state index contributed by atoms with van der Waals surface area (Å²) in [4.78, 5) is 11.4. The summed E-state index contributed by atoms with van der Waals surface area (Å²) in [5, 5.41) is 0. The summed E-state index contributed by atoms with van der Waals surface area (Å²) >= 11 is 0. The highest BCUT2D eigenvalue weighted by molar-refractivity contribution is 5.73. The largest absolute Gasteiger partial charge is 0.493 e. The van der Waals surface area contributed by atoms with E-state index in [9.17, 15) is 4.79 Å². The maximum atomic E-state index is 11.4. The van der Waals surface area contributed by atoms with Gasteiger partial charge in [0.2, 0.25) is 0 Å². The SMILES string of the molecule is C=CCCOc1ccccc1CC(=O)OCC. The number of benzene rings is 1. The maximum absolute atomic E-state index is 11.4. The molecule has 0 unspecified atom stereocenters. The third-order valence-corrected chi connectivity index (χ3v) is 2.19. The molecule has 0 saturated carbocycles. The molecule has 0 N–H and O–H groups in total. The molecule has 3 heteroatoms. The van der Waals surface area contributed by atoms with Gasteiger partial charge in [-0.2, -0.15) is 0 Å². The van der Waals surface area contributed by atoms with Crippen molar-refractivity contribution in [3.8, 4) is 5.75 Å². The Bertz CT molecular complexity index is 371. The van der Waals surface area contributed by atoms with E-state index < -0.39 is 0 Å². The van der Waals surface area contributed by atoms with Crippen LogP contribution in [-0.4, -0.2) is 19.2 Å². The molecule has 1 aromatic carbocycles. The van der Waals surface area contributed by atoms with Crippen LogP contribution in [0.5, 0.6) is 5.75 Å². The minimum absolute atomic E-state index is 0.229. The number of carbonyl (C=O) groups is 1. The van der Waals surface area contributed by atoms with E-state index in [1.165, 1.54) is 0 Å². The summed E-state index contributed by atoms with van der Waals surface area (Å²) in [6, 6.07) is 7.50. The van der Waals surface area contributed by atoms with Crippen LogP contribution in [0.2, 0.25) is 0 Å². The fourth-order valence-electron chi connectivity index (χ4n) is 1.41. The third-order valence-electron chi connectivity index (χ3n) is 2.19. The predicted octanol–water partition coefficient (Wildman–Crippen LogP) is 2.75. The number of carbonyl (C=O) groups excluding carboxylic acids is 1. The molecule has 1 aromatic rings. The van der Waals surface area contributed by atoms with Crippen molar-refractivity contribution >= 4 is 5.97 Å². The molecule has 0 aliphatic heterocycles. The van der Waals surface area contributed by atoms with E-state index in [0.29, 0.717) is 13.2 Å². The Balaban J connectivity index is 2.63. The quantitative estimate of drug-likeness (QED) is 0.413. The molecule has 0 heterocycles. The number of para-hydroxylation sites is 1. The number of ether oxygens (including phenoxy) is 2. The maximum Gasteiger partial charge on any atom is 0.310 e. The van der Waals surface area contributed by atoms with E-state index in [-0.39, 0.29) is 12.4 Å². The van der Waals surface area contributed by atoms with Crippen molar-refractivity contribution in [2.24, 2.45) is 0 Å². The molecule has 0 saturated heterocycles. The Hall–Kier alpha value is -1.77. The Morgan fingerprint density at radius 3 is 2.88 bits per heavy atom. The number of esters is 1. The van der Waals surface area contributed by atoms with Crippen LogP contribution in [-0.2, 0) is 16.0 Å². The van der Waals surface area contributed by atoms with E-state index in [1.54, 1.807) is 13.0 Å². The fourth-order valence-corrected chi connectivity index (χ4v) is 1.41. The molecular formula is C14H18O3. The molecule has 0 bridgehead atoms. The van der Waals surface area contributed by atoms with Gasteiger partial charge in [-0.15, -0.1) is 6.58 Å². The molecule has 17 heavy (non-hydrogen) atoms. The summed E-state index contributed by atoms with van der Waals surface area (Å²) in [7, 11) is 0. The Morgan fingerprint density at radius 2 is 2.18 bits per heavy atom. The lowest BCUT2D eigenvalue weighted by Crippen LogP contribution is -2.09. The molecule has 0 atom stereocenters. The highest BCUT2D eigenvalue weighted by Crippen LogP contribution is 2.19. The molecule has 0 aromatic heterocycles. The first-order chi connectivity index (χ1) is 8.27. The van der Waals surface area contributed by atoms with Gasteiger partial charge in [0.1, 0.15) is 5.75 Å². The molecule has 0 amide bonds. The lowest BCUT2D eigenvalue weighted by Gasteiger charge is -2.10. The zero-order valence-electron chi connectivity index (χ0n) is 10.1. The molecule has 0 aliphatic rings. The molecule has 1 rings (SSSR count). The van der Waals surface area contributed by atoms with Crippen LogP contribution in [0.25, 0.3) is 0 Å². The van der Waals surface area contributed by atoms with Gasteiger partial charge in [-0.1, -0.05) is 24.3 Å². The van der Waals surface area contributed by atoms with Gasteiger partial charge < -0.3 is 9.47 Å². The van der Waals surface area contributed by atoms with Crippen molar-refractivity contribution in [1.82, 2.24) is 0 Å². The van der Waals surface area contributed by atoms with Crippen LogP contribution in [0.1, 0.15) is 18.9 Å². The topological polar surface area (TPSA) is 35.5 Å². The summed E-state index contributed by atoms with van der Waals surface area (Å²) in [6.45, 7) is 6.40. The average Bonchev–Trinajstić information content (AvgIpc) is 2.32. The summed E-state index contributed by atoms with van der Waals surface area (Å²) in [5.74, 6) is 0.509. The standard InChI is InChI=1S/C14H18O3/c1-3-5-10-17-13-9-7-6-8-12(13)11-14(15)16-4-2/h3,6-9H,1,4-5,10-11H2,2H3. The summed E-state index contributed by atoms with van der Waals surface area (Å²) in [5.41, 5.74) is 0.856. The van der Waals surface area contributed by atoms with Crippen LogP contribution in [0.3, 0.4) is 0 Å². The average molecular weight is 234 g/mol. The van der Waals surface area contributed by atoms with Crippen LogP contribution in [0.4, 0.5) is 0 Å². The van der Waals surface area contributed by atoms with Crippen molar-refractivity contribution in [1.29, 1.82) is 0 Å². The lowest BCUT2D eigenvalue weighted by atomic mass is 10.1. The van der Waals surface area contributed by atoms with Gasteiger partial charge >= 0.3 is 5.97 Å². The monoisotopic (exact) mass is 234 g/mol. The number of hydrogen-bond acceptors (Lipinski definition) is 3. The van der Waals surface area contributed by atoms with Crippen molar-refractivity contribution in [2.45, 2.75) is 19.8 Å². The molecular weight excluding hydrogens is 216 g/mol. The van der Waals surface area contributed by atoms with Crippen LogP contribution in [0, 0.1) is 0 Å². The van der Waals surface area contributed by atoms with Crippen molar-refractivity contribution in [3.05, 3.63) is 42.5 Å². The highest BCUT2D eigenvalue weighted by Gasteiger charge is 2.08. The van der Waals surface area contributed by atoms with E-state index in [0.717, 1.165) is 17.7 Å². The van der Waals surface area contributed by atoms with E-state index in [4.69, 9.17) is 9.47 Å². The lowest BCUT2D eigenvalue weighted by molar-refractivity contribution is -0.142. The summed E-state index contributed by atoms with van der Waals surface area (Å²) in [6.07, 6.45) is 2.83. The zero-order valence-corrected chi connectivity index (χ0v) is 10.1. The first-order valence-electron chi connectivity index (χ1n) is 5.75. The van der Waals surface area contributed by atoms with Crippen LogP contribution >= 0.6 is 0 Å². The Kier molecular flexibility index (Phi) is 5.86. The van der Waals surface area contributed by atoms with Crippen molar-refractivity contribution < 1.29 is 14.3 Å². The molecule has 92 valence electrons. The smallest absolute Gasteiger partial charge is 0.310 e. The third kappa shape index (κ3) is 4.72. The second-order valence-electron chi connectivity index (χ2n) is 3.52. The van der Waals surface area contributed by atoms with Crippen molar-refractivity contribution in [3.63, 3.8) is 0 Å². The van der Waals surface area contributed by atoms with Crippen LogP contribution in [0.15, 0.2) is 36.9 Å². The molecule has 0 fully saturated rings. The van der Waals surface area contributed by atoms with Gasteiger partial charge in [0, 0.05) is 5.56 Å². The number of hydrogen-bond donors (Lipinski definition) is 0. The van der Waals surface area contributed by atoms with Gasteiger partial charge in [-0.3, -0.25) is 4.79 Å². The van der Waals surface area contributed by atoms with Crippen molar-refractivity contribution in [2.75, 3.05) is 13.2 Å². The normalized spacial score (nSPS) is 9.71. The minimum atomic E-state index is -0.229. The van der Waals surface area contributed by atoms with Gasteiger partial charge in [0.15, 0.2) is 0 Å². The van der Waals surface area contributed by atoms with Crippen LogP contribution < -0.4 is 4.74 Å². The Labute approximate surface area is 102 Å². The van der Waals surface area contributed by atoms with Gasteiger partial charge in [-0.05, 0) is 19.4 Å². The van der Waals surface area contributed by atoms with Gasteiger partial charge in [-0.25, -0.2) is 0 Å². The van der Waals surface area contributed by atoms with E-state index in [2.05, 4.69) is 6.58 Å². The second kappa shape index (κ2) is 7.49. The first-order valence-corrected chi connectivity index (χ1v) is 5.75. The highest BCUT2D eigenvalue weighted by atomic mass is 16.5. The molecule has 0 radical (unpaired) electrons. The minimum Gasteiger partial charge on any atom is -0.493 e. The molecule has 0 aliphatic carbocycles. The first kappa shape index (κ1) is 13.3. The fraction of sp³-hybridized carbons (Fsp3) is 0.357. The number of rotatable bonds is 7. The van der Waals surface area contributed by atoms with E-state index >= 15 is 0 Å². The van der Waals surface area contributed by atoms with Gasteiger partial charge in [0.05, 0.1) is 19.6 Å². The second-order valence-corrected chi connectivity index (χ2v) is 3.52. The zero-order chi connectivity index (χ0) is 12.5. The summed E-state index contributed by atoms with van der Waals surface area (Å²) < 4.78 is 10.5. The molecule has 0 spiro atoms. The predicted molar refractivity (Wildman–Crippen MR) is 67.1 cm³/mol. The molecule has 3 nitrogen and oxygen atoms in total.